The lowest BCUT2D eigenvalue weighted by molar-refractivity contribution is -0.153. The van der Waals surface area contributed by atoms with Crippen molar-refractivity contribution in [2.24, 2.45) is 0 Å². The summed E-state index contributed by atoms with van der Waals surface area (Å²) in [4.78, 5) is 20.8. The standard InChI is InChI=1S/C31H24F6N4O2.C4H6.C2H6/c32-20-4-6-26-25(14-20)19(15-39-26)12-29(42)40-27(10-17-8-21(33)13-22(34)9-17)30-24(5-7-28(38)41-30)18-2-1-3-23(11-18)43-16-31(35,36)37;1-3-4-2;1-2/h1-9,11,13-15,27,39H,10,12,16H2,(H2,38,41)(H,40,42);3-4H,1-2H2;1-2H3. The molecule has 2 aromatic heterocycles. The summed E-state index contributed by atoms with van der Waals surface area (Å²) in [5.74, 6) is -2.62. The molecule has 0 aliphatic rings. The third-order valence-electron chi connectivity index (χ3n) is 6.77. The van der Waals surface area contributed by atoms with E-state index in [0.29, 0.717) is 33.7 Å². The van der Waals surface area contributed by atoms with Crippen LogP contribution in [0, 0.1) is 17.5 Å². The summed E-state index contributed by atoms with van der Waals surface area (Å²) in [5, 5.41) is 3.36. The number of alkyl halides is 3. The van der Waals surface area contributed by atoms with Gasteiger partial charge in [-0.2, -0.15) is 13.2 Å². The SMILES string of the molecule is C=CC=C.CC.Nc1ccc(-c2cccc(OCC(F)(F)F)c2)c(C(Cc2cc(F)cc(F)c2)NC(=O)Cc2c[nH]c3ccc(F)cc23)n1. The molecule has 49 heavy (non-hydrogen) atoms. The van der Waals surface area contributed by atoms with Crippen molar-refractivity contribution in [3.05, 3.63) is 139 Å². The Labute approximate surface area is 280 Å². The Kier molecular flexibility index (Phi) is 13.6. The second kappa shape index (κ2) is 17.6. The van der Waals surface area contributed by atoms with Crippen molar-refractivity contribution in [1.82, 2.24) is 15.3 Å². The number of amides is 1. The number of ether oxygens (including phenoxy) is 1. The second-order valence-corrected chi connectivity index (χ2v) is 10.4. The summed E-state index contributed by atoms with van der Waals surface area (Å²) in [7, 11) is 0. The summed E-state index contributed by atoms with van der Waals surface area (Å²) in [6.45, 7) is 9.23. The fourth-order valence-electron chi connectivity index (χ4n) is 4.81. The van der Waals surface area contributed by atoms with Gasteiger partial charge in [0.1, 0.15) is 29.0 Å². The first kappa shape index (κ1) is 37.9. The first-order valence-electron chi connectivity index (χ1n) is 15.1. The third-order valence-corrected chi connectivity index (χ3v) is 6.77. The van der Waals surface area contributed by atoms with E-state index >= 15 is 0 Å². The molecule has 12 heteroatoms. The Morgan fingerprint density at radius 1 is 0.959 bits per heavy atom. The first-order chi connectivity index (χ1) is 23.3. The molecule has 0 bridgehead atoms. The Balaban J connectivity index is 0.00000101. The molecular formula is C37H36F6N4O2. The zero-order chi connectivity index (χ0) is 36.1. The van der Waals surface area contributed by atoms with E-state index in [-0.39, 0.29) is 35.7 Å². The molecule has 1 atom stereocenters. The number of rotatable bonds is 10. The van der Waals surface area contributed by atoms with Gasteiger partial charge in [0.15, 0.2) is 6.61 Å². The highest BCUT2D eigenvalue weighted by molar-refractivity contribution is 5.89. The van der Waals surface area contributed by atoms with Crippen LogP contribution in [0.1, 0.15) is 36.7 Å². The number of H-pyrrole nitrogens is 1. The van der Waals surface area contributed by atoms with Crippen molar-refractivity contribution >= 4 is 22.6 Å². The number of benzene rings is 3. The van der Waals surface area contributed by atoms with Gasteiger partial charge in [0.05, 0.1) is 18.2 Å². The summed E-state index contributed by atoms with van der Waals surface area (Å²) in [6, 6.07) is 15.0. The number of aromatic nitrogens is 2. The molecule has 1 amide bonds. The zero-order valence-corrected chi connectivity index (χ0v) is 26.9. The maximum Gasteiger partial charge on any atom is 0.422 e. The van der Waals surface area contributed by atoms with Crippen molar-refractivity contribution in [1.29, 1.82) is 0 Å². The molecule has 5 rings (SSSR count). The molecule has 0 saturated heterocycles. The molecular weight excluding hydrogens is 646 g/mol. The van der Waals surface area contributed by atoms with Gasteiger partial charge < -0.3 is 20.8 Å². The van der Waals surface area contributed by atoms with Crippen molar-refractivity contribution in [2.75, 3.05) is 12.3 Å². The predicted octanol–water partition coefficient (Wildman–Crippen LogP) is 9.20. The molecule has 0 saturated carbocycles. The van der Waals surface area contributed by atoms with Gasteiger partial charge in [-0.1, -0.05) is 51.3 Å². The minimum absolute atomic E-state index is 0.0584. The second-order valence-electron chi connectivity index (χ2n) is 10.4. The summed E-state index contributed by atoms with van der Waals surface area (Å²) in [6.07, 6.45) is 0.0277. The van der Waals surface area contributed by atoms with Crippen LogP contribution in [0.4, 0.5) is 32.2 Å². The maximum atomic E-state index is 14.1. The van der Waals surface area contributed by atoms with Crippen LogP contribution in [0.3, 0.4) is 0 Å². The molecule has 3 aromatic carbocycles. The summed E-state index contributed by atoms with van der Waals surface area (Å²) < 4.78 is 85.2. The number of anilines is 1. The molecule has 0 radical (unpaired) electrons. The molecule has 5 aromatic rings. The Morgan fingerprint density at radius 3 is 2.31 bits per heavy atom. The van der Waals surface area contributed by atoms with E-state index in [9.17, 15) is 31.1 Å². The van der Waals surface area contributed by atoms with Crippen LogP contribution in [-0.4, -0.2) is 28.7 Å². The fraction of sp³-hybridized carbons (Fsp3) is 0.189. The molecule has 6 nitrogen and oxygen atoms in total. The quantitative estimate of drug-likeness (QED) is 0.101. The van der Waals surface area contributed by atoms with Gasteiger partial charge in [0, 0.05) is 28.7 Å². The van der Waals surface area contributed by atoms with Crippen LogP contribution in [0.2, 0.25) is 0 Å². The minimum atomic E-state index is -4.55. The van der Waals surface area contributed by atoms with Gasteiger partial charge in [-0.05, 0) is 77.7 Å². The number of carbonyl (C=O) groups is 1. The Bertz CT molecular complexity index is 1860. The number of aromatic amines is 1. The summed E-state index contributed by atoms with van der Waals surface area (Å²) >= 11 is 0. The van der Waals surface area contributed by atoms with Crippen molar-refractivity contribution < 1.29 is 35.9 Å². The van der Waals surface area contributed by atoms with Gasteiger partial charge >= 0.3 is 6.18 Å². The van der Waals surface area contributed by atoms with Crippen LogP contribution in [-0.2, 0) is 17.6 Å². The van der Waals surface area contributed by atoms with Crippen molar-refractivity contribution in [2.45, 2.75) is 38.9 Å². The minimum Gasteiger partial charge on any atom is -0.484 e. The van der Waals surface area contributed by atoms with Crippen LogP contribution in [0.15, 0.2) is 104 Å². The number of hydrogen-bond donors (Lipinski definition) is 3. The number of pyridine rings is 1. The van der Waals surface area contributed by atoms with Gasteiger partial charge in [-0.15, -0.1) is 0 Å². The fourth-order valence-corrected chi connectivity index (χ4v) is 4.81. The van der Waals surface area contributed by atoms with Crippen molar-refractivity contribution in [3.63, 3.8) is 0 Å². The molecule has 1 unspecified atom stereocenters. The van der Waals surface area contributed by atoms with E-state index in [2.05, 4.69) is 28.4 Å². The highest BCUT2D eigenvalue weighted by Gasteiger charge is 2.28. The topological polar surface area (TPSA) is 93.0 Å². The average Bonchev–Trinajstić information content (AvgIpc) is 3.45. The van der Waals surface area contributed by atoms with Crippen LogP contribution in [0.5, 0.6) is 5.75 Å². The molecule has 0 aliphatic heterocycles. The van der Waals surface area contributed by atoms with Crippen molar-refractivity contribution in [3.8, 4) is 16.9 Å². The maximum absolute atomic E-state index is 14.1. The van der Waals surface area contributed by atoms with Gasteiger partial charge in [0.2, 0.25) is 5.91 Å². The van der Waals surface area contributed by atoms with E-state index in [0.717, 1.165) is 12.1 Å². The van der Waals surface area contributed by atoms with E-state index in [1.54, 1.807) is 36.5 Å². The van der Waals surface area contributed by atoms with E-state index in [4.69, 9.17) is 10.5 Å². The highest BCUT2D eigenvalue weighted by atomic mass is 19.4. The van der Waals surface area contributed by atoms with Gasteiger partial charge in [-0.25, -0.2) is 18.2 Å². The van der Waals surface area contributed by atoms with Crippen LogP contribution < -0.4 is 15.8 Å². The highest BCUT2D eigenvalue weighted by Crippen LogP contribution is 2.33. The smallest absolute Gasteiger partial charge is 0.422 e. The largest absolute Gasteiger partial charge is 0.484 e. The number of nitrogens with two attached hydrogens (primary N) is 1. The van der Waals surface area contributed by atoms with Crippen LogP contribution in [0.25, 0.3) is 22.0 Å². The number of nitrogen functional groups attached to an aromatic ring is 1. The number of fused-ring (bicyclic) bond motifs is 1. The Hall–Kier alpha value is -5.52. The lowest BCUT2D eigenvalue weighted by atomic mass is 9.95. The molecule has 2 heterocycles. The lowest BCUT2D eigenvalue weighted by Gasteiger charge is -2.22. The number of allylic oxidation sites excluding steroid dienone is 2. The predicted molar refractivity (Wildman–Crippen MR) is 180 cm³/mol. The molecule has 0 spiro atoms. The van der Waals surface area contributed by atoms with Gasteiger partial charge in [-0.3, -0.25) is 4.79 Å². The van der Waals surface area contributed by atoms with Gasteiger partial charge in [0.25, 0.3) is 0 Å². The molecule has 0 fully saturated rings. The van der Waals surface area contributed by atoms with E-state index < -0.39 is 42.2 Å². The number of nitrogens with zero attached hydrogens (tertiary/aromatic N) is 1. The van der Waals surface area contributed by atoms with E-state index in [1.165, 1.54) is 36.4 Å². The molecule has 0 aliphatic carbocycles. The molecule has 4 N–H and O–H groups in total. The Morgan fingerprint density at radius 2 is 1.65 bits per heavy atom. The average molecular weight is 683 g/mol. The number of carbonyl (C=O) groups excluding carboxylic acids is 1. The van der Waals surface area contributed by atoms with Crippen LogP contribution >= 0.6 is 0 Å². The third kappa shape index (κ3) is 11.3. The number of halogens is 6. The zero-order valence-electron chi connectivity index (χ0n) is 26.9. The normalized spacial score (nSPS) is 11.3. The number of hydrogen-bond acceptors (Lipinski definition) is 4. The number of nitrogens with one attached hydrogen (secondary N) is 2. The lowest BCUT2D eigenvalue weighted by Crippen LogP contribution is -2.32. The van der Waals surface area contributed by atoms with E-state index in [1.807, 2.05) is 13.8 Å². The molecule has 258 valence electrons. The monoisotopic (exact) mass is 682 g/mol. The summed E-state index contributed by atoms with van der Waals surface area (Å²) in [5.41, 5.74) is 8.34. The first-order valence-corrected chi connectivity index (χ1v) is 15.1.